The van der Waals surface area contributed by atoms with E-state index in [0.717, 1.165) is 42.5 Å². The minimum Gasteiger partial charge on any atom is -0.398 e. The fourth-order valence-electron chi connectivity index (χ4n) is 2.48. The molecule has 1 aliphatic carbocycles. The van der Waals surface area contributed by atoms with Crippen molar-refractivity contribution in [2.75, 3.05) is 5.73 Å². The summed E-state index contributed by atoms with van der Waals surface area (Å²) in [4.78, 5) is 0. The van der Waals surface area contributed by atoms with Crippen LogP contribution in [-0.4, -0.2) is 5.11 Å². The lowest BCUT2D eigenvalue weighted by atomic mass is 9.78. The normalized spacial score (nSPS) is 20.1. The summed E-state index contributed by atoms with van der Waals surface area (Å²) in [5.74, 6) is 0. The van der Waals surface area contributed by atoms with E-state index in [1.54, 1.807) is 0 Å². The first kappa shape index (κ1) is 10.5. The Kier molecular flexibility index (Phi) is 2.70. The Morgan fingerprint density at radius 1 is 1.20 bits per heavy atom. The number of hydrogen-bond acceptors (Lipinski definition) is 2. The molecule has 0 amide bonds. The predicted molar refractivity (Wildman–Crippen MR) is 62.6 cm³/mol. The first-order valence-corrected chi connectivity index (χ1v) is 5.71. The number of anilines is 1. The van der Waals surface area contributed by atoms with Crippen molar-refractivity contribution in [2.24, 2.45) is 0 Å². The number of aryl methyl sites for hydroxylation is 1. The Bertz CT molecular complexity index is 354. The van der Waals surface area contributed by atoms with Crippen LogP contribution in [0.2, 0.25) is 0 Å². The maximum atomic E-state index is 10.6. The van der Waals surface area contributed by atoms with E-state index in [-0.39, 0.29) is 0 Å². The van der Waals surface area contributed by atoms with E-state index in [2.05, 4.69) is 0 Å². The van der Waals surface area contributed by atoms with Crippen LogP contribution in [0.1, 0.15) is 43.2 Å². The molecule has 0 heterocycles. The second kappa shape index (κ2) is 3.86. The maximum Gasteiger partial charge on any atom is 0.0916 e. The molecule has 82 valence electrons. The van der Waals surface area contributed by atoms with Gasteiger partial charge in [-0.2, -0.15) is 0 Å². The van der Waals surface area contributed by atoms with Crippen LogP contribution in [0.3, 0.4) is 0 Å². The zero-order valence-corrected chi connectivity index (χ0v) is 9.29. The fraction of sp³-hybridized carbons (Fsp3) is 0.538. The largest absolute Gasteiger partial charge is 0.398 e. The van der Waals surface area contributed by atoms with Crippen molar-refractivity contribution >= 4 is 5.69 Å². The molecule has 15 heavy (non-hydrogen) atoms. The SMILES string of the molecule is Cc1ccc(N)c(C2(O)CCCCC2)c1. The zero-order chi connectivity index (χ0) is 10.9. The smallest absolute Gasteiger partial charge is 0.0916 e. The molecule has 0 aliphatic heterocycles. The predicted octanol–water partition coefficient (Wildman–Crippen LogP) is 2.73. The van der Waals surface area contributed by atoms with Gasteiger partial charge in [0.15, 0.2) is 0 Å². The standard InChI is InChI=1S/C13H19NO/c1-10-5-6-12(14)11(9-10)13(15)7-3-2-4-8-13/h5-6,9,15H,2-4,7-8,14H2,1H3. The lowest BCUT2D eigenvalue weighted by Crippen LogP contribution is -2.29. The quantitative estimate of drug-likeness (QED) is 0.692. The van der Waals surface area contributed by atoms with Gasteiger partial charge in [-0.1, -0.05) is 37.0 Å². The van der Waals surface area contributed by atoms with Crippen molar-refractivity contribution in [3.63, 3.8) is 0 Å². The highest BCUT2D eigenvalue weighted by atomic mass is 16.3. The summed E-state index contributed by atoms with van der Waals surface area (Å²) < 4.78 is 0. The number of nitrogen functional groups attached to an aromatic ring is 1. The molecule has 0 radical (unpaired) electrons. The number of hydrogen-bond donors (Lipinski definition) is 2. The molecule has 2 rings (SSSR count). The summed E-state index contributed by atoms with van der Waals surface area (Å²) in [5, 5.41) is 10.6. The van der Waals surface area contributed by atoms with Gasteiger partial charge in [0.2, 0.25) is 0 Å². The Morgan fingerprint density at radius 2 is 1.87 bits per heavy atom. The number of aliphatic hydroxyl groups is 1. The van der Waals surface area contributed by atoms with Crippen molar-refractivity contribution in [3.8, 4) is 0 Å². The summed E-state index contributed by atoms with van der Waals surface area (Å²) in [6.07, 6.45) is 5.13. The monoisotopic (exact) mass is 205 g/mol. The van der Waals surface area contributed by atoms with Crippen molar-refractivity contribution < 1.29 is 5.11 Å². The van der Waals surface area contributed by atoms with Crippen LogP contribution in [-0.2, 0) is 5.60 Å². The number of benzene rings is 1. The number of rotatable bonds is 1. The molecule has 0 spiro atoms. The Morgan fingerprint density at radius 3 is 2.53 bits per heavy atom. The summed E-state index contributed by atoms with van der Waals surface area (Å²) in [7, 11) is 0. The van der Waals surface area contributed by atoms with Crippen molar-refractivity contribution in [1.29, 1.82) is 0 Å². The Labute approximate surface area is 91.1 Å². The van der Waals surface area contributed by atoms with E-state index in [9.17, 15) is 5.11 Å². The van der Waals surface area contributed by atoms with Gasteiger partial charge in [0.25, 0.3) is 0 Å². The van der Waals surface area contributed by atoms with Gasteiger partial charge in [-0.25, -0.2) is 0 Å². The average molecular weight is 205 g/mol. The molecule has 1 aromatic rings. The minimum absolute atomic E-state index is 0.672. The highest BCUT2D eigenvalue weighted by Crippen LogP contribution is 2.39. The maximum absolute atomic E-state index is 10.6. The van der Waals surface area contributed by atoms with Crippen LogP contribution in [0, 0.1) is 6.92 Å². The topological polar surface area (TPSA) is 46.2 Å². The molecule has 2 nitrogen and oxygen atoms in total. The molecule has 3 N–H and O–H groups in total. The molecule has 1 fully saturated rings. The molecule has 0 aromatic heterocycles. The minimum atomic E-state index is -0.672. The highest BCUT2D eigenvalue weighted by Gasteiger charge is 2.32. The Hall–Kier alpha value is -1.02. The van der Waals surface area contributed by atoms with E-state index < -0.39 is 5.60 Å². The van der Waals surface area contributed by atoms with Gasteiger partial charge in [-0.15, -0.1) is 0 Å². The van der Waals surface area contributed by atoms with Gasteiger partial charge in [0.05, 0.1) is 5.60 Å². The van der Waals surface area contributed by atoms with Gasteiger partial charge in [-0.3, -0.25) is 0 Å². The van der Waals surface area contributed by atoms with Gasteiger partial charge in [-0.05, 0) is 25.8 Å². The van der Waals surface area contributed by atoms with Gasteiger partial charge in [0.1, 0.15) is 0 Å². The lowest BCUT2D eigenvalue weighted by Gasteiger charge is -2.33. The lowest BCUT2D eigenvalue weighted by molar-refractivity contribution is 0.0000361. The first-order valence-electron chi connectivity index (χ1n) is 5.71. The van der Waals surface area contributed by atoms with Crippen LogP contribution in [0.15, 0.2) is 18.2 Å². The Balaban J connectivity index is 2.38. The highest BCUT2D eigenvalue weighted by molar-refractivity contribution is 5.51. The molecule has 0 atom stereocenters. The third kappa shape index (κ3) is 2.00. The van der Waals surface area contributed by atoms with Gasteiger partial charge < -0.3 is 10.8 Å². The van der Waals surface area contributed by atoms with E-state index in [1.807, 2.05) is 25.1 Å². The molecule has 1 saturated carbocycles. The molecule has 0 bridgehead atoms. The van der Waals surface area contributed by atoms with Crippen LogP contribution in [0.4, 0.5) is 5.69 Å². The summed E-state index contributed by atoms with van der Waals surface area (Å²) in [6, 6.07) is 5.92. The molecular weight excluding hydrogens is 186 g/mol. The van der Waals surface area contributed by atoms with Crippen molar-refractivity contribution in [1.82, 2.24) is 0 Å². The van der Waals surface area contributed by atoms with E-state index in [0.29, 0.717) is 0 Å². The van der Waals surface area contributed by atoms with Crippen LogP contribution in [0.25, 0.3) is 0 Å². The first-order chi connectivity index (χ1) is 7.12. The molecule has 1 aromatic carbocycles. The van der Waals surface area contributed by atoms with E-state index in [1.165, 1.54) is 6.42 Å². The summed E-state index contributed by atoms with van der Waals surface area (Å²) in [6.45, 7) is 2.04. The van der Waals surface area contributed by atoms with Crippen LogP contribution >= 0.6 is 0 Å². The summed E-state index contributed by atoms with van der Waals surface area (Å²) >= 11 is 0. The third-order valence-electron chi connectivity index (χ3n) is 3.39. The van der Waals surface area contributed by atoms with Gasteiger partial charge >= 0.3 is 0 Å². The second-order valence-electron chi connectivity index (χ2n) is 4.68. The van der Waals surface area contributed by atoms with Crippen molar-refractivity contribution in [2.45, 2.75) is 44.6 Å². The van der Waals surface area contributed by atoms with Gasteiger partial charge in [0, 0.05) is 11.3 Å². The molecule has 1 aliphatic rings. The zero-order valence-electron chi connectivity index (χ0n) is 9.29. The van der Waals surface area contributed by atoms with Crippen molar-refractivity contribution in [3.05, 3.63) is 29.3 Å². The second-order valence-corrected chi connectivity index (χ2v) is 4.68. The van der Waals surface area contributed by atoms with Crippen LogP contribution < -0.4 is 5.73 Å². The van der Waals surface area contributed by atoms with Crippen LogP contribution in [0.5, 0.6) is 0 Å². The summed E-state index contributed by atoms with van der Waals surface area (Å²) in [5.41, 5.74) is 8.10. The average Bonchev–Trinajstić information content (AvgIpc) is 2.23. The molecule has 0 unspecified atom stereocenters. The number of nitrogens with two attached hydrogens (primary N) is 1. The molecule has 0 saturated heterocycles. The van der Waals surface area contributed by atoms with E-state index in [4.69, 9.17) is 5.73 Å². The molecule has 2 heteroatoms. The third-order valence-corrected chi connectivity index (χ3v) is 3.39. The fourth-order valence-corrected chi connectivity index (χ4v) is 2.48. The van der Waals surface area contributed by atoms with E-state index >= 15 is 0 Å². The molecular formula is C13H19NO.